The maximum absolute atomic E-state index is 11.1. The van der Waals surface area contributed by atoms with Crippen LogP contribution < -0.4 is 11.5 Å². The Hall–Kier alpha value is -1.58. The Bertz CT molecular complexity index is 385. The number of aryl methyl sites for hydroxylation is 1. The number of hydrogen-bond acceptors (Lipinski definition) is 3. The molecule has 1 aromatic heterocycles. The molecule has 0 radical (unpaired) electrons. The van der Waals surface area contributed by atoms with Gasteiger partial charge in [0.2, 0.25) is 0 Å². The van der Waals surface area contributed by atoms with Crippen LogP contribution in [0.3, 0.4) is 0 Å². The Morgan fingerprint density at radius 1 is 1.43 bits per heavy atom. The third-order valence-corrected chi connectivity index (χ3v) is 2.41. The molecule has 0 aliphatic rings. The Kier molecular flexibility index (Phi) is 2.74. The molecular weight excluding hydrogens is 178 g/mol. The first kappa shape index (κ1) is 10.5. The number of aromatic nitrogens is 1. The molecule has 0 spiro atoms. The van der Waals surface area contributed by atoms with E-state index in [2.05, 4.69) is 4.98 Å². The second kappa shape index (κ2) is 3.65. The van der Waals surface area contributed by atoms with E-state index in [0.717, 1.165) is 23.2 Å². The van der Waals surface area contributed by atoms with E-state index in [0.29, 0.717) is 5.56 Å². The second-order valence-corrected chi connectivity index (χ2v) is 3.28. The second-order valence-electron chi connectivity index (χ2n) is 3.28. The number of carbonyl (C=O) groups excluding carboxylic acids is 1. The fourth-order valence-corrected chi connectivity index (χ4v) is 1.75. The first-order valence-corrected chi connectivity index (χ1v) is 4.54. The fraction of sp³-hybridized carbons (Fsp3) is 0.400. The van der Waals surface area contributed by atoms with Crippen molar-refractivity contribution in [3.63, 3.8) is 0 Å². The van der Waals surface area contributed by atoms with Gasteiger partial charge in [-0.15, -0.1) is 0 Å². The molecule has 0 aliphatic carbocycles. The minimum atomic E-state index is -0.512. The lowest BCUT2D eigenvalue weighted by atomic mass is 9.99. The monoisotopic (exact) mass is 193 g/mol. The molecule has 1 aromatic rings. The molecule has 1 heterocycles. The van der Waals surface area contributed by atoms with Crippen molar-refractivity contribution in [2.75, 3.05) is 5.73 Å². The van der Waals surface area contributed by atoms with Gasteiger partial charge in [0.1, 0.15) is 5.82 Å². The number of nitrogens with two attached hydrogens (primary N) is 2. The van der Waals surface area contributed by atoms with E-state index in [1.807, 2.05) is 20.8 Å². The van der Waals surface area contributed by atoms with Crippen LogP contribution in [0.5, 0.6) is 0 Å². The largest absolute Gasteiger partial charge is 0.383 e. The normalized spacial score (nSPS) is 10.2. The summed E-state index contributed by atoms with van der Waals surface area (Å²) in [6.07, 6.45) is 0.825. The zero-order valence-corrected chi connectivity index (χ0v) is 8.72. The van der Waals surface area contributed by atoms with E-state index in [4.69, 9.17) is 11.5 Å². The van der Waals surface area contributed by atoms with Crippen molar-refractivity contribution in [2.45, 2.75) is 27.2 Å². The minimum absolute atomic E-state index is 0.227. The topological polar surface area (TPSA) is 82.0 Å². The lowest BCUT2D eigenvalue weighted by Crippen LogP contribution is -2.18. The highest BCUT2D eigenvalue weighted by Crippen LogP contribution is 2.21. The molecule has 14 heavy (non-hydrogen) atoms. The van der Waals surface area contributed by atoms with Gasteiger partial charge in [0.05, 0.1) is 5.56 Å². The molecule has 0 aliphatic heterocycles. The van der Waals surface area contributed by atoms with Crippen LogP contribution in [0.15, 0.2) is 0 Å². The lowest BCUT2D eigenvalue weighted by molar-refractivity contribution is 0.1000. The smallest absolute Gasteiger partial charge is 0.252 e. The van der Waals surface area contributed by atoms with Crippen LogP contribution in [0.25, 0.3) is 0 Å². The molecule has 0 saturated heterocycles. The van der Waals surface area contributed by atoms with Gasteiger partial charge in [0, 0.05) is 5.69 Å². The van der Waals surface area contributed by atoms with Crippen LogP contribution in [0, 0.1) is 13.8 Å². The summed E-state index contributed by atoms with van der Waals surface area (Å²) >= 11 is 0. The van der Waals surface area contributed by atoms with Crippen LogP contribution in [0.4, 0.5) is 5.82 Å². The Morgan fingerprint density at radius 3 is 2.43 bits per heavy atom. The number of anilines is 1. The van der Waals surface area contributed by atoms with Crippen molar-refractivity contribution in [2.24, 2.45) is 5.73 Å². The van der Waals surface area contributed by atoms with E-state index < -0.39 is 5.91 Å². The first-order chi connectivity index (χ1) is 6.49. The maximum Gasteiger partial charge on any atom is 0.252 e. The molecule has 0 bridgehead atoms. The Morgan fingerprint density at radius 2 is 2.00 bits per heavy atom. The van der Waals surface area contributed by atoms with Gasteiger partial charge in [-0.25, -0.2) is 4.98 Å². The number of rotatable bonds is 2. The SMILES string of the molecule is CCc1c(C)nc(N)c(C(N)=O)c1C. The van der Waals surface area contributed by atoms with Crippen molar-refractivity contribution >= 4 is 11.7 Å². The van der Waals surface area contributed by atoms with Crippen molar-refractivity contribution in [3.05, 3.63) is 22.4 Å². The van der Waals surface area contributed by atoms with Crippen LogP contribution >= 0.6 is 0 Å². The molecule has 1 amide bonds. The van der Waals surface area contributed by atoms with Crippen LogP contribution in [-0.4, -0.2) is 10.9 Å². The van der Waals surface area contributed by atoms with Gasteiger partial charge in [0.15, 0.2) is 0 Å². The number of primary amides is 1. The number of carbonyl (C=O) groups is 1. The summed E-state index contributed by atoms with van der Waals surface area (Å²) in [7, 11) is 0. The van der Waals surface area contributed by atoms with Crippen molar-refractivity contribution in [1.82, 2.24) is 4.98 Å². The summed E-state index contributed by atoms with van der Waals surface area (Å²) in [6.45, 7) is 5.74. The fourth-order valence-electron chi connectivity index (χ4n) is 1.75. The molecule has 1 rings (SSSR count). The number of pyridine rings is 1. The van der Waals surface area contributed by atoms with E-state index in [9.17, 15) is 4.79 Å². The Labute approximate surface area is 83.3 Å². The molecule has 4 N–H and O–H groups in total. The maximum atomic E-state index is 11.1. The molecule has 0 saturated carbocycles. The van der Waals surface area contributed by atoms with Crippen molar-refractivity contribution in [1.29, 1.82) is 0 Å². The first-order valence-electron chi connectivity index (χ1n) is 4.54. The Balaban J connectivity index is 3.52. The van der Waals surface area contributed by atoms with Gasteiger partial charge < -0.3 is 11.5 Å². The summed E-state index contributed by atoms with van der Waals surface area (Å²) in [5.74, 6) is -0.285. The number of hydrogen-bond donors (Lipinski definition) is 2. The minimum Gasteiger partial charge on any atom is -0.383 e. The summed E-state index contributed by atoms with van der Waals surface area (Å²) < 4.78 is 0. The summed E-state index contributed by atoms with van der Waals surface area (Å²) in [5, 5.41) is 0. The highest BCUT2D eigenvalue weighted by Gasteiger charge is 2.15. The summed E-state index contributed by atoms with van der Waals surface area (Å²) in [4.78, 5) is 15.2. The van der Waals surface area contributed by atoms with Crippen molar-refractivity contribution < 1.29 is 4.79 Å². The molecule has 0 atom stereocenters. The van der Waals surface area contributed by atoms with Gasteiger partial charge >= 0.3 is 0 Å². The number of amides is 1. The van der Waals surface area contributed by atoms with E-state index in [1.54, 1.807) is 0 Å². The highest BCUT2D eigenvalue weighted by molar-refractivity contribution is 5.99. The molecule has 0 unspecified atom stereocenters. The zero-order chi connectivity index (χ0) is 10.9. The van der Waals surface area contributed by atoms with Gasteiger partial charge in [-0.1, -0.05) is 6.92 Å². The van der Waals surface area contributed by atoms with Gasteiger partial charge in [-0.05, 0) is 31.4 Å². The predicted octanol–water partition coefficient (Wildman–Crippen LogP) is 0.942. The van der Waals surface area contributed by atoms with Gasteiger partial charge in [-0.3, -0.25) is 4.79 Å². The molecule has 4 heteroatoms. The average Bonchev–Trinajstić information content (AvgIpc) is 2.02. The van der Waals surface area contributed by atoms with E-state index in [1.165, 1.54) is 0 Å². The molecule has 0 aromatic carbocycles. The number of nitrogens with zero attached hydrogens (tertiary/aromatic N) is 1. The van der Waals surface area contributed by atoms with Crippen molar-refractivity contribution in [3.8, 4) is 0 Å². The molecule has 76 valence electrons. The lowest BCUT2D eigenvalue weighted by Gasteiger charge is -2.12. The highest BCUT2D eigenvalue weighted by atomic mass is 16.1. The van der Waals surface area contributed by atoms with Crippen LogP contribution in [0.2, 0.25) is 0 Å². The quantitative estimate of drug-likeness (QED) is 0.733. The van der Waals surface area contributed by atoms with Gasteiger partial charge in [-0.2, -0.15) is 0 Å². The average molecular weight is 193 g/mol. The number of nitrogen functional groups attached to an aromatic ring is 1. The summed E-state index contributed by atoms with van der Waals surface area (Å²) in [5.41, 5.74) is 14.0. The molecule has 4 nitrogen and oxygen atoms in total. The standard InChI is InChI=1S/C10H15N3O/c1-4-7-5(2)8(10(12)14)9(11)13-6(7)3/h4H2,1-3H3,(H2,11,13)(H2,12,14). The van der Waals surface area contributed by atoms with Crippen LogP contribution in [0.1, 0.15) is 34.1 Å². The summed E-state index contributed by atoms with van der Waals surface area (Å²) in [6, 6.07) is 0. The third-order valence-electron chi connectivity index (χ3n) is 2.41. The predicted molar refractivity (Wildman–Crippen MR) is 56.0 cm³/mol. The van der Waals surface area contributed by atoms with Gasteiger partial charge in [0.25, 0.3) is 5.91 Å². The molecular formula is C10H15N3O. The van der Waals surface area contributed by atoms with E-state index in [-0.39, 0.29) is 5.82 Å². The van der Waals surface area contributed by atoms with E-state index >= 15 is 0 Å². The molecule has 0 fully saturated rings. The van der Waals surface area contributed by atoms with Crippen LogP contribution in [-0.2, 0) is 6.42 Å². The zero-order valence-electron chi connectivity index (χ0n) is 8.72. The third kappa shape index (κ3) is 1.55.